The third kappa shape index (κ3) is 1.03. The molecule has 1 heteroatoms. The molecule has 0 radical (unpaired) electrons. The van der Waals surface area contributed by atoms with Gasteiger partial charge < -0.3 is 5.73 Å². The van der Waals surface area contributed by atoms with Crippen LogP contribution in [0.1, 0.15) is 17.5 Å². The number of rotatable bonds is 0. The quantitative estimate of drug-likeness (QED) is 0.556. The van der Waals surface area contributed by atoms with Crippen LogP contribution in [0.3, 0.4) is 0 Å². The Morgan fingerprint density at radius 2 is 2.18 bits per heavy atom. The van der Waals surface area contributed by atoms with E-state index in [1.807, 2.05) is 12.1 Å². The van der Waals surface area contributed by atoms with Gasteiger partial charge in [-0.3, -0.25) is 0 Å². The van der Waals surface area contributed by atoms with E-state index < -0.39 is 0 Å². The molecule has 1 aliphatic carbocycles. The fourth-order valence-electron chi connectivity index (χ4n) is 1.51. The summed E-state index contributed by atoms with van der Waals surface area (Å²) in [5.74, 6) is 0. The van der Waals surface area contributed by atoms with Gasteiger partial charge in [-0.25, -0.2) is 0 Å². The Hall–Kier alpha value is -1.24. The summed E-state index contributed by atoms with van der Waals surface area (Å²) < 4.78 is 0. The number of allylic oxidation sites excluding steroid dienone is 1. The molecule has 11 heavy (non-hydrogen) atoms. The first-order valence-electron chi connectivity index (χ1n) is 3.92. The Morgan fingerprint density at radius 1 is 1.27 bits per heavy atom. The normalized spacial score (nSPS) is 14.5. The molecule has 1 nitrogen and oxygen atoms in total. The zero-order valence-corrected chi connectivity index (χ0v) is 6.38. The molecule has 0 aliphatic heterocycles. The van der Waals surface area contributed by atoms with Crippen molar-refractivity contribution in [2.75, 3.05) is 5.73 Å². The van der Waals surface area contributed by atoms with Crippen LogP contribution in [0.15, 0.2) is 24.3 Å². The SMILES string of the molecule is Nc1cccc2c1CCC=C2. The average molecular weight is 145 g/mol. The summed E-state index contributed by atoms with van der Waals surface area (Å²) in [4.78, 5) is 0. The van der Waals surface area contributed by atoms with Gasteiger partial charge in [-0.2, -0.15) is 0 Å². The molecule has 0 saturated carbocycles. The summed E-state index contributed by atoms with van der Waals surface area (Å²) >= 11 is 0. The molecule has 0 heterocycles. The summed E-state index contributed by atoms with van der Waals surface area (Å²) in [6, 6.07) is 6.09. The molecule has 0 saturated heterocycles. The fourth-order valence-corrected chi connectivity index (χ4v) is 1.51. The molecule has 1 aromatic rings. The largest absolute Gasteiger partial charge is 0.398 e. The van der Waals surface area contributed by atoms with Crippen LogP contribution >= 0.6 is 0 Å². The molecule has 2 N–H and O–H groups in total. The van der Waals surface area contributed by atoms with Crippen molar-refractivity contribution >= 4 is 11.8 Å². The Kier molecular flexibility index (Phi) is 1.42. The first-order chi connectivity index (χ1) is 5.38. The van der Waals surface area contributed by atoms with Gasteiger partial charge in [-0.1, -0.05) is 24.3 Å². The fraction of sp³-hybridized carbons (Fsp3) is 0.200. The predicted octanol–water partition coefficient (Wildman–Crippen LogP) is 2.23. The number of nitrogen functional groups attached to an aromatic ring is 1. The lowest BCUT2D eigenvalue weighted by Gasteiger charge is -2.11. The predicted molar refractivity (Wildman–Crippen MR) is 48.2 cm³/mol. The van der Waals surface area contributed by atoms with E-state index in [0.29, 0.717) is 0 Å². The Balaban J connectivity index is 2.60. The lowest BCUT2D eigenvalue weighted by atomic mass is 9.96. The molecule has 0 spiro atoms. The van der Waals surface area contributed by atoms with E-state index in [0.717, 1.165) is 18.5 Å². The summed E-state index contributed by atoms with van der Waals surface area (Å²) in [5, 5.41) is 0. The molecule has 0 aromatic heterocycles. The minimum absolute atomic E-state index is 0.937. The molecule has 1 aromatic carbocycles. The minimum atomic E-state index is 0.937. The number of fused-ring (bicyclic) bond motifs is 1. The van der Waals surface area contributed by atoms with E-state index in [1.54, 1.807) is 0 Å². The highest BCUT2D eigenvalue weighted by atomic mass is 14.6. The maximum atomic E-state index is 5.81. The van der Waals surface area contributed by atoms with Gasteiger partial charge in [0.2, 0.25) is 0 Å². The molecular weight excluding hydrogens is 134 g/mol. The van der Waals surface area contributed by atoms with Crippen molar-refractivity contribution in [3.05, 3.63) is 35.4 Å². The molecule has 0 atom stereocenters. The van der Waals surface area contributed by atoms with Gasteiger partial charge in [-0.05, 0) is 30.0 Å². The Labute approximate surface area is 66.5 Å². The molecule has 1 aliphatic rings. The van der Waals surface area contributed by atoms with Crippen molar-refractivity contribution in [1.29, 1.82) is 0 Å². The van der Waals surface area contributed by atoms with Crippen molar-refractivity contribution in [2.24, 2.45) is 0 Å². The van der Waals surface area contributed by atoms with Crippen molar-refractivity contribution in [2.45, 2.75) is 12.8 Å². The van der Waals surface area contributed by atoms with E-state index in [1.165, 1.54) is 11.1 Å². The second-order valence-corrected chi connectivity index (χ2v) is 2.86. The van der Waals surface area contributed by atoms with Crippen molar-refractivity contribution in [3.8, 4) is 0 Å². The van der Waals surface area contributed by atoms with Crippen LogP contribution in [0.4, 0.5) is 5.69 Å². The molecule has 0 unspecified atom stereocenters. The molecular formula is C10H11N. The van der Waals surface area contributed by atoms with Crippen LogP contribution in [0.25, 0.3) is 6.08 Å². The molecule has 0 bridgehead atoms. The maximum absolute atomic E-state index is 5.81. The number of hydrogen-bond acceptors (Lipinski definition) is 1. The first kappa shape index (κ1) is 6.47. The van der Waals surface area contributed by atoms with Gasteiger partial charge in [0.1, 0.15) is 0 Å². The van der Waals surface area contributed by atoms with Gasteiger partial charge in [0.05, 0.1) is 0 Å². The number of hydrogen-bond donors (Lipinski definition) is 1. The van der Waals surface area contributed by atoms with Crippen LogP contribution in [0.2, 0.25) is 0 Å². The van der Waals surface area contributed by atoms with Gasteiger partial charge in [-0.15, -0.1) is 0 Å². The first-order valence-corrected chi connectivity index (χ1v) is 3.92. The topological polar surface area (TPSA) is 26.0 Å². The van der Waals surface area contributed by atoms with Gasteiger partial charge in [0.15, 0.2) is 0 Å². The number of anilines is 1. The van der Waals surface area contributed by atoms with Crippen molar-refractivity contribution in [1.82, 2.24) is 0 Å². The lowest BCUT2D eigenvalue weighted by molar-refractivity contribution is 0.989. The highest BCUT2D eigenvalue weighted by Crippen LogP contribution is 2.23. The van der Waals surface area contributed by atoms with Crippen LogP contribution in [-0.4, -0.2) is 0 Å². The highest BCUT2D eigenvalue weighted by molar-refractivity contribution is 5.64. The average Bonchev–Trinajstić information content (AvgIpc) is 2.06. The third-order valence-corrected chi connectivity index (χ3v) is 2.11. The molecule has 0 amide bonds. The van der Waals surface area contributed by atoms with Crippen LogP contribution in [0.5, 0.6) is 0 Å². The van der Waals surface area contributed by atoms with Gasteiger partial charge in [0.25, 0.3) is 0 Å². The molecule has 0 fully saturated rings. The number of benzene rings is 1. The summed E-state index contributed by atoms with van der Waals surface area (Å²) in [6.07, 6.45) is 6.57. The zero-order chi connectivity index (χ0) is 7.68. The Morgan fingerprint density at radius 3 is 3.00 bits per heavy atom. The van der Waals surface area contributed by atoms with Crippen LogP contribution in [-0.2, 0) is 6.42 Å². The standard InChI is InChI=1S/C10H11N/c11-10-7-3-5-8-4-1-2-6-9(8)10/h1,3-5,7H,2,6,11H2. The van der Waals surface area contributed by atoms with Gasteiger partial charge in [0, 0.05) is 5.69 Å². The van der Waals surface area contributed by atoms with Crippen molar-refractivity contribution in [3.63, 3.8) is 0 Å². The molecule has 56 valence electrons. The van der Waals surface area contributed by atoms with E-state index >= 15 is 0 Å². The minimum Gasteiger partial charge on any atom is -0.398 e. The van der Waals surface area contributed by atoms with E-state index in [9.17, 15) is 0 Å². The third-order valence-electron chi connectivity index (χ3n) is 2.11. The van der Waals surface area contributed by atoms with E-state index in [2.05, 4.69) is 18.2 Å². The summed E-state index contributed by atoms with van der Waals surface area (Å²) in [6.45, 7) is 0. The molecule has 2 rings (SSSR count). The van der Waals surface area contributed by atoms with Crippen molar-refractivity contribution < 1.29 is 0 Å². The van der Waals surface area contributed by atoms with E-state index in [4.69, 9.17) is 5.73 Å². The maximum Gasteiger partial charge on any atom is 0.0352 e. The number of nitrogens with two attached hydrogens (primary N) is 1. The smallest absolute Gasteiger partial charge is 0.0352 e. The lowest BCUT2D eigenvalue weighted by Crippen LogP contribution is -1.99. The monoisotopic (exact) mass is 145 g/mol. The second-order valence-electron chi connectivity index (χ2n) is 2.86. The summed E-state index contributed by atoms with van der Waals surface area (Å²) in [5.41, 5.74) is 9.35. The second kappa shape index (κ2) is 2.42. The van der Waals surface area contributed by atoms with E-state index in [-0.39, 0.29) is 0 Å². The van der Waals surface area contributed by atoms with Gasteiger partial charge >= 0.3 is 0 Å². The highest BCUT2D eigenvalue weighted by Gasteiger charge is 2.05. The summed E-state index contributed by atoms with van der Waals surface area (Å²) in [7, 11) is 0. The Bertz CT molecular complexity index is 300. The van der Waals surface area contributed by atoms with Crippen LogP contribution < -0.4 is 5.73 Å². The van der Waals surface area contributed by atoms with Crippen LogP contribution in [0, 0.1) is 0 Å². The zero-order valence-electron chi connectivity index (χ0n) is 6.38.